The number of hydrogen-bond acceptors (Lipinski definition) is 22. The molecule has 1 saturated heterocycles. The summed E-state index contributed by atoms with van der Waals surface area (Å²) in [6.45, 7) is 2.19. The zero-order valence-corrected chi connectivity index (χ0v) is 41.8. The molecule has 24 nitrogen and oxygen atoms in total. The number of nitrogens with two attached hydrogens (primary N) is 1. The molecule has 2 aromatic rings. The van der Waals surface area contributed by atoms with Crippen molar-refractivity contribution in [2.24, 2.45) is 5.41 Å². The lowest BCUT2D eigenvalue weighted by molar-refractivity contribution is -0.347. The summed E-state index contributed by atoms with van der Waals surface area (Å²) in [5, 5.41) is 26.2. The van der Waals surface area contributed by atoms with Gasteiger partial charge in [-0.15, -0.1) is 0 Å². The fourth-order valence-electron chi connectivity index (χ4n) is 6.11. The molecule has 2 amide bonds. The first-order chi connectivity index (χ1) is 32.6. The number of nitrogens with zero attached hydrogens (tertiary/aromatic N) is 4. The lowest BCUT2D eigenvalue weighted by Gasteiger charge is -2.36. The number of aromatic nitrogens is 4. The number of aliphatic hydroxyl groups is 2. The standard InChI is InChI=1S/C41H64N7O17P3S/c1-4-5-6-7-8-9-10-11-12-13-14-15-16-17-18-19-20-21-32(50)69-25-24-43-31(49)22-23-44-39(53)36(52)41(2,3)27-62-68(59,60)65-67(57,58)61-26-30-35(64-66(54,55)56)34(51)40(63-30)48-29-47-33-37(42)45-28-46-38(33)48/h5-6,8-9,11-12,14-15,20-21,28-30,34-36,40,51-52H,4,7,10,13,16-19,22-27H2,1-3H3,(H,43,49)(H,44,53)(H,57,58)(H,59,60)(H2,42,45,46)(H2,54,55,56)/p-4/b6-5-,9-8-,12-11-,15-14-,21-20+/t30-,34-,35-,36+,40-/m1/s1. The Balaban J connectivity index is 1.31. The number of ether oxygens (including phenoxy) is 1. The maximum Gasteiger partial charge on any atom is 0.274 e. The number of imidazole rings is 1. The quantitative estimate of drug-likeness (QED) is 0.0303. The lowest BCUT2D eigenvalue weighted by Crippen LogP contribution is -2.46. The lowest BCUT2D eigenvalue weighted by atomic mass is 9.87. The number of rotatable bonds is 32. The third-order valence-corrected chi connectivity index (χ3v) is 13.5. The maximum atomic E-state index is 12.6. The molecule has 0 bridgehead atoms. The molecule has 0 aliphatic carbocycles. The number of unbranched alkanes of at least 4 members (excludes halogenated alkanes) is 3. The van der Waals surface area contributed by atoms with Crippen LogP contribution in [0.4, 0.5) is 5.82 Å². The second-order valence-electron chi connectivity index (χ2n) is 15.8. The second kappa shape index (κ2) is 29.6. The Morgan fingerprint density at radius 1 is 0.913 bits per heavy atom. The van der Waals surface area contributed by atoms with Crippen LogP contribution in [0.1, 0.15) is 84.8 Å². The van der Waals surface area contributed by atoms with Crippen LogP contribution >= 0.6 is 35.2 Å². The molecule has 386 valence electrons. The minimum atomic E-state index is -5.93. The molecule has 1 fully saturated rings. The zero-order valence-electron chi connectivity index (χ0n) is 38.3. The second-order valence-corrected chi connectivity index (χ2v) is 21.0. The van der Waals surface area contributed by atoms with Crippen molar-refractivity contribution in [1.82, 2.24) is 30.2 Å². The number of amides is 2. The van der Waals surface area contributed by atoms with E-state index in [1.807, 2.05) is 6.08 Å². The third-order valence-electron chi connectivity index (χ3n) is 9.69. The summed E-state index contributed by atoms with van der Waals surface area (Å²) in [6, 6.07) is 0. The fraction of sp³-hybridized carbons (Fsp3) is 0.561. The van der Waals surface area contributed by atoms with Gasteiger partial charge in [0.05, 0.1) is 27.4 Å². The monoisotopic (exact) mass is 1050 g/mol. The van der Waals surface area contributed by atoms with Gasteiger partial charge in [-0.25, -0.2) is 19.3 Å². The number of carbonyl (C=O) groups is 3. The van der Waals surface area contributed by atoms with Crippen molar-refractivity contribution in [1.29, 1.82) is 0 Å². The highest BCUT2D eigenvalue weighted by Crippen LogP contribution is 2.56. The van der Waals surface area contributed by atoms with E-state index >= 15 is 0 Å². The summed E-state index contributed by atoms with van der Waals surface area (Å²) in [6.07, 6.45) is 20.5. The molecule has 1 aliphatic heterocycles. The number of aliphatic hydroxyl groups excluding tert-OH is 2. The van der Waals surface area contributed by atoms with Crippen molar-refractivity contribution >= 4 is 69.1 Å². The van der Waals surface area contributed by atoms with E-state index in [1.165, 1.54) is 19.9 Å². The Kier molecular flexibility index (Phi) is 25.5. The SMILES string of the molecule is CC/C=C\C/C=C\C/C=C\C/C=C\CCCC/C=C/C(=O)SCCNC(=O)CCNC(=O)[C@H](O)C(C)(C)COP(=O)([O-])OP(=O)([O-])OC[C@H]1O[C@@H](n2cnc3c(N)ncnc32)[C@H](O)[C@@H]1OP(=O)([O-])[O-]. The van der Waals surface area contributed by atoms with Crippen LogP contribution < -0.4 is 35.9 Å². The van der Waals surface area contributed by atoms with E-state index < -0.39 is 84.6 Å². The minimum absolute atomic E-state index is 0.0224. The van der Waals surface area contributed by atoms with Gasteiger partial charge in [-0.3, -0.25) is 28.1 Å². The first-order valence-electron chi connectivity index (χ1n) is 21.8. The summed E-state index contributed by atoms with van der Waals surface area (Å²) < 4.78 is 60.8. The van der Waals surface area contributed by atoms with Crippen LogP contribution in [0.5, 0.6) is 0 Å². The maximum absolute atomic E-state index is 12.6. The van der Waals surface area contributed by atoms with Crippen LogP contribution in [-0.2, 0) is 50.7 Å². The number of nitrogens with one attached hydrogen (secondary N) is 2. The van der Waals surface area contributed by atoms with E-state index in [0.717, 1.165) is 80.4 Å². The number of hydrogen-bond donors (Lipinski definition) is 5. The number of fused-ring (bicyclic) bond motifs is 1. The Bertz CT molecular complexity index is 2270. The van der Waals surface area contributed by atoms with Gasteiger partial charge in [-0.05, 0) is 57.4 Å². The molecule has 3 heterocycles. The van der Waals surface area contributed by atoms with Gasteiger partial charge in [0.15, 0.2) is 17.7 Å². The average Bonchev–Trinajstić information content (AvgIpc) is 3.84. The van der Waals surface area contributed by atoms with Crippen molar-refractivity contribution in [3.8, 4) is 0 Å². The topological polar surface area (TPSA) is 375 Å². The van der Waals surface area contributed by atoms with Crippen LogP contribution in [-0.4, -0.2) is 103 Å². The number of thioether (sulfide) groups is 1. The molecule has 0 aromatic carbocycles. The molecule has 2 aromatic heterocycles. The Labute approximate surface area is 404 Å². The van der Waals surface area contributed by atoms with Crippen molar-refractivity contribution in [2.75, 3.05) is 37.8 Å². The van der Waals surface area contributed by atoms with Gasteiger partial charge in [0.1, 0.15) is 36.3 Å². The molecule has 69 heavy (non-hydrogen) atoms. The number of anilines is 1. The van der Waals surface area contributed by atoms with E-state index in [9.17, 15) is 57.9 Å². The molecular weight excluding hydrogens is 987 g/mol. The van der Waals surface area contributed by atoms with E-state index in [0.29, 0.717) is 5.75 Å². The van der Waals surface area contributed by atoms with Gasteiger partial charge in [-0.2, -0.15) is 0 Å². The molecule has 2 unspecified atom stereocenters. The van der Waals surface area contributed by atoms with E-state index in [-0.39, 0.29) is 41.6 Å². The summed E-state index contributed by atoms with van der Waals surface area (Å²) in [7, 11) is -17.6. The summed E-state index contributed by atoms with van der Waals surface area (Å²) in [5.74, 6) is -1.25. The summed E-state index contributed by atoms with van der Waals surface area (Å²) in [5.41, 5.74) is 4.07. The number of nitrogen functional groups attached to an aromatic ring is 1. The molecule has 7 atom stereocenters. The number of phosphoric acid groups is 3. The normalized spacial score (nSPS) is 20.4. The van der Waals surface area contributed by atoms with Crippen LogP contribution in [0.2, 0.25) is 0 Å². The highest BCUT2D eigenvalue weighted by molar-refractivity contribution is 8.14. The minimum Gasteiger partial charge on any atom is -0.790 e. The highest BCUT2D eigenvalue weighted by atomic mass is 32.2. The highest BCUT2D eigenvalue weighted by Gasteiger charge is 2.47. The van der Waals surface area contributed by atoms with Gasteiger partial charge in [0.25, 0.3) is 15.6 Å². The Hall–Kier alpha value is -3.74. The van der Waals surface area contributed by atoms with E-state index in [1.54, 1.807) is 0 Å². The molecule has 6 N–H and O–H groups in total. The van der Waals surface area contributed by atoms with E-state index in [4.69, 9.17) is 10.5 Å². The van der Waals surface area contributed by atoms with Gasteiger partial charge >= 0.3 is 0 Å². The smallest absolute Gasteiger partial charge is 0.274 e. The third kappa shape index (κ3) is 22.5. The van der Waals surface area contributed by atoms with Gasteiger partial charge < -0.3 is 69.0 Å². The first kappa shape index (κ1) is 59.6. The molecule has 1 aliphatic rings. The molecule has 3 rings (SSSR count). The van der Waals surface area contributed by atoms with Gasteiger partial charge in [0.2, 0.25) is 16.9 Å². The Morgan fingerprint density at radius 3 is 2.19 bits per heavy atom. The van der Waals surface area contributed by atoms with Crippen molar-refractivity contribution in [3.63, 3.8) is 0 Å². The van der Waals surface area contributed by atoms with Crippen molar-refractivity contribution in [3.05, 3.63) is 73.4 Å². The fourth-order valence-corrected chi connectivity index (χ4v) is 9.44. The molecular formula is C41H60N7O17P3S-4. The first-order valence-corrected chi connectivity index (χ1v) is 27.2. The van der Waals surface area contributed by atoms with Crippen LogP contribution in [0, 0.1) is 5.41 Å². The molecule has 0 radical (unpaired) electrons. The van der Waals surface area contributed by atoms with Crippen LogP contribution in [0.3, 0.4) is 0 Å². The van der Waals surface area contributed by atoms with Crippen LogP contribution in [0.15, 0.2) is 73.4 Å². The molecule has 0 saturated carbocycles. The predicted octanol–water partition coefficient (Wildman–Crippen LogP) is 2.06. The predicted molar refractivity (Wildman–Crippen MR) is 247 cm³/mol. The largest absolute Gasteiger partial charge is 0.790 e. The van der Waals surface area contributed by atoms with E-state index in [2.05, 4.69) is 99.0 Å². The number of phosphoric ester groups is 3. The number of allylic oxidation sites excluding steroid dienone is 9. The van der Waals surface area contributed by atoms with Crippen molar-refractivity contribution in [2.45, 2.75) is 109 Å². The zero-order chi connectivity index (χ0) is 51.1. The van der Waals surface area contributed by atoms with Gasteiger partial charge in [-0.1, -0.05) is 87.2 Å². The molecule has 28 heteroatoms. The Morgan fingerprint density at radius 2 is 1.54 bits per heavy atom. The van der Waals surface area contributed by atoms with Gasteiger partial charge in [0, 0.05) is 30.7 Å². The number of carbonyl (C=O) groups excluding carboxylic acids is 3. The van der Waals surface area contributed by atoms with Crippen LogP contribution in [0.25, 0.3) is 11.2 Å². The summed E-state index contributed by atoms with van der Waals surface area (Å²) >= 11 is 1.04. The van der Waals surface area contributed by atoms with Crippen molar-refractivity contribution < 1.29 is 80.5 Å². The molecule has 0 spiro atoms. The average molecular weight is 1050 g/mol. The summed E-state index contributed by atoms with van der Waals surface area (Å²) in [4.78, 5) is 96.7.